The van der Waals surface area contributed by atoms with E-state index in [0.29, 0.717) is 6.42 Å². The zero-order valence-electron chi connectivity index (χ0n) is 13.7. The summed E-state index contributed by atoms with van der Waals surface area (Å²) in [5.74, 6) is 0.225. The van der Waals surface area contributed by atoms with Crippen molar-refractivity contribution in [1.29, 1.82) is 0 Å². The van der Waals surface area contributed by atoms with Crippen molar-refractivity contribution in [2.45, 2.75) is 46.5 Å². The van der Waals surface area contributed by atoms with Crippen LogP contribution in [0.5, 0.6) is 0 Å². The Morgan fingerprint density at radius 3 is 2.77 bits per heavy atom. The molecule has 116 valence electrons. The Hall–Kier alpha value is -1.90. The lowest BCUT2D eigenvalue weighted by atomic mass is 9.75. The number of hydrogen-bond acceptors (Lipinski definition) is 3. The van der Waals surface area contributed by atoms with Crippen LogP contribution in [-0.4, -0.2) is 17.3 Å². The summed E-state index contributed by atoms with van der Waals surface area (Å²) < 4.78 is 0. The third kappa shape index (κ3) is 2.72. The highest BCUT2D eigenvalue weighted by atomic mass is 16.1. The molecule has 0 aliphatic heterocycles. The molecule has 0 amide bonds. The van der Waals surface area contributed by atoms with Gasteiger partial charge in [0.15, 0.2) is 5.78 Å². The Kier molecular flexibility index (Phi) is 3.90. The van der Waals surface area contributed by atoms with Crippen LogP contribution in [0.15, 0.2) is 24.3 Å². The predicted octanol–water partition coefficient (Wildman–Crippen LogP) is 4.60. The molecular formula is C19H24N2O. The van der Waals surface area contributed by atoms with Crippen LogP contribution in [0.3, 0.4) is 0 Å². The summed E-state index contributed by atoms with van der Waals surface area (Å²) in [7, 11) is 0. The van der Waals surface area contributed by atoms with Gasteiger partial charge >= 0.3 is 0 Å². The molecule has 1 aliphatic carbocycles. The van der Waals surface area contributed by atoms with Crippen LogP contribution < -0.4 is 5.32 Å². The third-order valence-electron chi connectivity index (χ3n) is 4.36. The second-order valence-electron chi connectivity index (χ2n) is 7.05. The minimum Gasteiger partial charge on any atom is -0.384 e. The lowest BCUT2D eigenvalue weighted by Crippen LogP contribution is -2.29. The van der Waals surface area contributed by atoms with Gasteiger partial charge in [-0.2, -0.15) is 0 Å². The van der Waals surface area contributed by atoms with Crippen molar-refractivity contribution in [2.24, 2.45) is 5.41 Å². The van der Waals surface area contributed by atoms with Crippen LogP contribution in [0.4, 0.5) is 5.69 Å². The number of aromatic nitrogens is 1. The van der Waals surface area contributed by atoms with E-state index >= 15 is 0 Å². The molecule has 0 bridgehead atoms. The van der Waals surface area contributed by atoms with Gasteiger partial charge in [-0.15, -0.1) is 0 Å². The van der Waals surface area contributed by atoms with Crippen LogP contribution in [0.2, 0.25) is 0 Å². The SMILES string of the molecule is CCCCNc1c2c(nc3ccccc13)CC(C)(C)CC2=O. The van der Waals surface area contributed by atoms with Gasteiger partial charge in [0.25, 0.3) is 0 Å². The molecule has 0 unspecified atom stereocenters. The van der Waals surface area contributed by atoms with Crippen molar-refractivity contribution >= 4 is 22.4 Å². The molecule has 0 saturated heterocycles. The second-order valence-corrected chi connectivity index (χ2v) is 7.05. The van der Waals surface area contributed by atoms with Crippen molar-refractivity contribution in [1.82, 2.24) is 4.98 Å². The summed E-state index contributed by atoms with van der Waals surface area (Å²) in [5.41, 5.74) is 3.76. The van der Waals surface area contributed by atoms with Gasteiger partial charge in [0.1, 0.15) is 0 Å². The maximum atomic E-state index is 12.7. The molecule has 0 atom stereocenters. The summed E-state index contributed by atoms with van der Waals surface area (Å²) in [6.07, 6.45) is 3.70. The first kappa shape index (κ1) is 15.0. The van der Waals surface area contributed by atoms with Gasteiger partial charge in [0.2, 0.25) is 0 Å². The van der Waals surface area contributed by atoms with Crippen LogP contribution in [0.25, 0.3) is 10.9 Å². The van der Waals surface area contributed by atoms with Gasteiger partial charge in [-0.05, 0) is 24.3 Å². The predicted molar refractivity (Wildman–Crippen MR) is 91.6 cm³/mol. The van der Waals surface area contributed by atoms with Crippen LogP contribution in [-0.2, 0) is 6.42 Å². The lowest BCUT2D eigenvalue weighted by molar-refractivity contribution is 0.0911. The third-order valence-corrected chi connectivity index (χ3v) is 4.36. The average molecular weight is 296 g/mol. The largest absolute Gasteiger partial charge is 0.384 e. The number of carbonyl (C=O) groups excluding carboxylic acids is 1. The number of fused-ring (bicyclic) bond motifs is 2. The highest BCUT2D eigenvalue weighted by Gasteiger charge is 2.34. The van der Waals surface area contributed by atoms with E-state index < -0.39 is 0 Å². The molecule has 2 aromatic rings. The zero-order valence-corrected chi connectivity index (χ0v) is 13.7. The fraction of sp³-hybridized carbons (Fsp3) is 0.474. The molecule has 1 heterocycles. The van der Waals surface area contributed by atoms with Gasteiger partial charge in [0.05, 0.1) is 22.5 Å². The standard InChI is InChI=1S/C19H24N2O/c1-4-5-10-20-18-13-8-6-7-9-14(13)21-15-11-19(2,3)12-16(22)17(15)18/h6-9H,4-5,10-12H2,1-3H3,(H,20,21). The van der Waals surface area contributed by atoms with Crippen LogP contribution in [0.1, 0.15) is 56.1 Å². The minimum atomic E-state index is 0.000227. The van der Waals surface area contributed by atoms with E-state index in [2.05, 4.69) is 32.2 Å². The van der Waals surface area contributed by atoms with E-state index in [1.807, 2.05) is 18.2 Å². The summed E-state index contributed by atoms with van der Waals surface area (Å²) in [6, 6.07) is 8.11. The number of para-hydroxylation sites is 1. The van der Waals surface area contributed by atoms with Crippen molar-refractivity contribution in [3.8, 4) is 0 Å². The first-order valence-corrected chi connectivity index (χ1v) is 8.20. The first-order valence-electron chi connectivity index (χ1n) is 8.20. The van der Waals surface area contributed by atoms with Gasteiger partial charge in [0, 0.05) is 18.4 Å². The van der Waals surface area contributed by atoms with Crippen LogP contribution in [0, 0.1) is 5.41 Å². The molecule has 3 rings (SSSR count). The Labute approximate surface area is 132 Å². The van der Waals surface area contributed by atoms with Gasteiger partial charge in [-0.3, -0.25) is 9.78 Å². The molecule has 3 heteroatoms. The number of rotatable bonds is 4. The van der Waals surface area contributed by atoms with Crippen molar-refractivity contribution < 1.29 is 4.79 Å². The number of ketones is 1. The van der Waals surface area contributed by atoms with E-state index in [4.69, 9.17) is 4.98 Å². The number of unbranched alkanes of at least 4 members (excludes halogenated alkanes) is 1. The van der Waals surface area contributed by atoms with E-state index in [1.165, 1.54) is 0 Å². The molecule has 0 radical (unpaired) electrons. The lowest BCUT2D eigenvalue weighted by Gasteiger charge is -2.31. The average Bonchev–Trinajstić information content (AvgIpc) is 2.45. The first-order chi connectivity index (χ1) is 10.5. The normalized spacial score (nSPS) is 16.6. The number of hydrogen-bond donors (Lipinski definition) is 1. The minimum absolute atomic E-state index is 0.000227. The molecule has 1 aliphatic rings. The molecule has 22 heavy (non-hydrogen) atoms. The summed E-state index contributed by atoms with van der Waals surface area (Å²) in [4.78, 5) is 17.5. The Bertz CT molecular complexity index is 719. The fourth-order valence-corrected chi connectivity index (χ4v) is 3.30. The number of Topliss-reactive ketones (excluding diaryl/α,β-unsaturated/α-hetero) is 1. The van der Waals surface area contributed by atoms with E-state index in [1.54, 1.807) is 0 Å². The van der Waals surface area contributed by atoms with Gasteiger partial charge in [-0.1, -0.05) is 45.4 Å². The van der Waals surface area contributed by atoms with Gasteiger partial charge in [-0.25, -0.2) is 0 Å². The number of pyridine rings is 1. The smallest absolute Gasteiger partial charge is 0.167 e. The molecule has 0 saturated carbocycles. The number of anilines is 1. The Morgan fingerprint density at radius 2 is 2.00 bits per heavy atom. The molecule has 1 N–H and O–H groups in total. The van der Waals surface area contributed by atoms with Crippen molar-refractivity contribution in [3.63, 3.8) is 0 Å². The Morgan fingerprint density at radius 1 is 1.23 bits per heavy atom. The summed E-state index contributed by atoms with van der Waals surface area (Å²) in [5, 5.41) is 4.57. The monoisotopic (exact) mass is 296 g/mol. The van der Waals surface area contributed by atoms with E-state index in [0.717, 1.165) is 53.7 Å². The quantitative estimate of drug-likeness (QED) is 0.838. The molecule has 3 nitrogen and oxygen atoms in total. The van der Waals surface area contributed by atoms with Crippen molar-refractivity contribution in [3.05, 3.63) is 35.5 Å². The van der Waals surface area contributed by atoms with E-state index in [-0.39, 0.29) is 11.2 Å². The highest BCUT2D eigenvalue weighted by Crippen LogP contribution is 2.39. The maximum absolute atomic E-state index is 12.7. The molecule has 0 fully saturated rings. The summed E-state index contributed by atoms with van der Waals surface area (Å²) >= 11 is 0. The highest BCUT2D eigenvalue weighted by molar-refractivity contribution is 6.10. The number of benzene rings is 1. The maximum Gasteiger partial charge on any atom is 0.167 e. The van der Waals surface area contributed by atoms with Crippen LogP contribution >= 0.6 is 0 Å². The number of carbonyl (C=O) groups is 1. The van der Waals surface area contributed by atoms with E-state index in [9.17, 15) is 4.79 Å². The molecular weight excluding hydrogens is 272 g/mol. The Balaban J connectivity index is 2.17. The number of nitrogens with one attached hydrogen (secondary N) is 1. The second kappa shape index (κ2) is 5.71. The van der Waals surface area contributed by atoms with Crippen molar-refractivity contribution in [2.75, 3.05) is 11.9 Å². The zero-order chi connectivity index (χ0) is 15.7. The summed E-state index contributed by atoms with van der Waals surface area (Å²) in [6.45, 7) is 7.37. The molecule has 1 aromatic carbocycles. The molecule has 1 aromatic heterocycles. The molecule has 0 spiro atoms. The number of nitrogens with zero attached hydrogens (tertiary/aromatic N) is 1. The fourth-order valence-electron chi connectivity index (χ4n) is 3.30. The topological polar surface area (TPSA) is 42.0 Å². The van der Waals surface area contributed by atoms with Gasteiger partial charge < -0.3 is 5.32 Å².